The van der Waals surface area contributed by atoms with Crippen LogP contribution in [-0.4, -0.2) is 16.8 Å². The normalized spacial score (nSPS) is 20.2. The summed E-state index contributed by atoms with van der Waals surface area (Å²) in [6.07, 6.45) is -4.28. The van der Waals surface area contributed by atoms with Gasteiger partial charge in [-0.2, -0.15) is 22.0 Å². The van der Waals surface area contributed by atoms with Crippen molar-refractivity contribution in [2.45, 2.75) is 39.4 Å². The highest BCUT2D eigenvalue weighted by Crippen LogP contribution is 2.48. The smallest absolute Gasteiger partial charge is 0.319 e. The highest BCUT2D eigenvalue weighted by atomic mass is 32.2. The largest absolute Gasteiger partial charge is 0.464 e. The van der Waals surface area contributed by atoms with Crippen molar-refractivity contribution in [2.75, 3.05) is 0 Å². The molecule has 1 aromatic rings. The third-order valence-corrected chi connectivity index (χ3v) is 4.75. The molecule has 1 aromatic carbocycles. The fourth-order valence-corrected chi connectivity index (χ4v) is 3.43. The highest BCUT2D eigenvalue weighted by Gasteiger charge is 2.58. The molecule has 0 saturated carbocycles. The average molecular weight is 315 g/mol. The fourth-order valence-electron chi connectivity index (χ4n) is 1.66. The van der Waals surface area contributed by atoms with Gasteiger partial charge in [0.25, 0.3) is 0 Å². The molecule has 1 aliphatic heterocycles. The molecule has 2 rings (SSSR count). The molecular weight excluding hydrogens is 305 g/mol. The lowest BCUT2D eigenvalue weighted by molar-refractivity contribution is -0.237. The molecule has 106 valence electrons. The maximum Gasteiger partial charge on any atom is 0.464 e. The van der Waals surface area contributed by atoms with Crippen LogP contribution in [0, 0.1) is 0 Å². The van der Waals surface area contributed by atoms with E-state index in [2.05, 4.69) is 0 Å². The number of hydrogen-bond acceptors (Lipinski definition) is 3. The van der Waals surface area contributed by atoms with E-state index in [1.165, 1.54) is 23.9 Å². The summed E-state index contributed by atoms with van der Waals surface area (Å²) < 4.78 is 62.2. The van der Waals surface area contributed by atoms with Crippen molar-refractivity contribution in [3.8, 4) is 0 Å². The molecule has 1 aliphatic rings. The first-order valence-corrected chi connectivity index (χ1v) is 7.07. The van der Waals surface area contributed by atoms with Gasteiger partial charge in [-0.25, -0.2) is 0 Å². The minimum Gasteiger partial charge on any atom is -0.319 e. The summed E-state index contributed by atoms with van der Waals surface area (Å²) in [6.45, 7) is 0. The van der Waals surface area contributed by atoms with Crippen molar-refractivity contribution in [1.82, 2.24) is 0 Å². The van der Waals surface area contributed by atoms with Crippen LogP contribution in [0.4, 0.5) is 22.0 Å². The minimum atomic E-state index is -5.55. The molecule has 1 nitrogen and oxygen atoms in total. The quantitative estimate of drug-likeness (QED) is 0.652. The summed E-state index contributed by atoms with van der Waals surface area (Å²) in [6, 6.07) is 4.21. The first-order chi connectivity index (χ1) is 8.69. The predicted octanol–water partition coefficient (Wildman–Crippen LogP) is 4.26. The zero-order valence-electron chi connectivity index (χ0n) is 9.51. The molecule has 1 heterocycles. The van der Waals surface area contributed by atoms with Gasteiger partial charge in [0, 0.05) is 9.79 Å². The Bertz CT molecular complexity index is 475. The zero-order valence-corrected chi connectivity index (χ0v) is 11.1. The third-order valence-electron chi connectivity index (χ3n) is 2.58. The van der Waals surface area contributed by atoms with Gasteiger partial charge < -0.3 is 5.73 Å². The van der Waals surface area contributed by atoms with Crippen LogP contribution in [0.2, 0.25) is 0 Å². The summed E-state index contributed by atoms with van der Waals surface area (Å²) in [5, 5.41) is -4.83. The van der Waals surface area contributed by atoms with E-state index in [4.69, 9.17) is 5.73 Å². The van der Waals surface area contributed by atoms with Gasteiger partial charge in [-0.15, -0.1) is 11.8 Å². The molecule has 0 spiro atoms. The molecule has 0 saturated heterocycles. The second-order valence-electron chi connectivity index (χ2n) is 4.08. The lowest BCUT2D eigenvalue weighted by atomic mass is 10.1. The SMILES string of the molecule is NC1CCc2cc(SC(F)(F)C(F)(F)F)ccc2S1. The second-order valence-corrected chi connectivity index (χ2v) is 6.55. The van der Waals surface area contributed by atoms with Crippen molar-refractivity contribution < 1.29 is 22.0 Å². The predicted molar refractivity (Wildman–Crippen MR) is 65.5 cm³/mol. The van der Waals surface area contributed by atoms with Crippen LogP contribution >= 0.6 is 23.5 Å². The Balaban J connectivity index is 2.20. The zero-order chi connectivity index (χ0) is 14.3. The van der Waals surface area contributed by atoms with Gasteiger partial charge in [0.2, 0.25) is 0 Å². The van der Waals surface area contributed by atoms with Crippen LogP contribution in [0.5, 0.6) is 0 Å². The van der Waals surface area contributed by atoms with Crippen molar-refractivity contribution in [1.29, 1.82) is 0 Å². The van der Waals surface area contributed by atoms with E-state index in [0.29, 0.717) is 12.8 Å². The van der Waals surface area contributed by atoms with E-state index in [1.807, 2.05) is 0 Å². The number of fused-ring (bicyclic) bond motifs is 1. The van der Waals surface area contributed by atoms with Crippen LogP contribution in [0.3, 0.4) is 0 Å². The van der Waals surface area contributed by atoms with E-state index in [1.54, 1.807) is 6.07 Å². The lowest BCUT2D eigenvalue weighted by Crippen LogP contribution is -2.32. The van der Waals surface area contributed by atoms with Gasteiger partial charge in [-0.05, 0) is 48.4 Å². The van der Waals surface area contributed by atoms with E-state index in [0.717, 1.165) is 10.5 Å². The summed E-state index contributed by atoms with van der Waals surface area (Å²) in [4.78, 5) is 0.760. The van der Waals surface area contributed by atoms with Gasteiger partial charge >= 0.3 is 11.4 Å². The number of rotatable bonds is 2. The second kappa shape index (κ2) is 5.14. The van der Waals surface area contributed by atoms with Gasteiger partial charge in [0.1, 0.15) is 0 Å². The fraction of sp³-hybridized carbons (Fsp3) is 0.455. The summed E-state index contributed by atoms with van der Waals surface area (Å²) in [7, 11) is 0. The number of alkyl halides is 5. The van der Waals surface area contributed by atoms with E-state index >= 15 is 0 Å². The van der Waals surface area contributed by atoms with Crippen LogP contribution in [0.1, 0.15) is 12.0 Å². The Morgan fingerprint density at radius 2 is 1.89 bits per heavy atom. The maximum absolute atomic E-state index is 12.9. The molecule has 19 heavy (non-hydrogen) atoms. The molecule has 0 radical (unpaired) electrons. The Kier molecular flexibility index (Phi) is 4.04. The van der Waals surface area contributed by atoms with Gasteiger partial charge in [0.05, 0.1) is 5.37 Å². The molecule has 2 N–H and O–H groups in total. The maximum atomic E-state index is 12.9. The van der Waals surface area contributed by atoms with Crippen LogP contribution in [0.25, 0.3) is 0 Å². The molecule has 0 aromatic heterocycles. The minimum absolute atomic E-state index is 0.0531. The molecule has 0 aliphatic carbocycles. The Morgan fingerprint density at radius 3 is 2.53 bits per heavy atom. The number of aryl methyl sites for hydroxylation is 1. The van der Waals surface area contributed by atoms with Crippen molar-refractivity contribution in [3.63, 3.8) is 0 Å². The summed E-state index contributed by atoms with van der Waals surface area (Å²) in [5.41, 5.74) is 6.51. The monoisotopic (exact) mass is 315 g/mol. The molecule has 0 amide bonds. The van der Waals surface area contributed by atoms with Crippen molar-refractivity contribution in [3.05, 3.63) is 23.8 Å². The Labute approximate surface area is 115 Å². The first kappa shape index (κ1) is 14.9. The van der Waals surface area contributed by atoms with Crippen molar-refractivity contribution >= 4 is 23.5 Å². The van der Waals surface area contributed by atoms with E-state index in [-0.39, 0.29) is 10.3 Å². The number of benzene rings is 1. The number of thioether (sulfide) groups is 2. The Morgan fingerprint density at radius 1 is 1.21 bits per heavy atom. The number of hydrogen-bond donors (Lipinski definition) is 1. The standard InChI is InChI=1S/C11H10F5NS2/c12-10(13,14)11(15,16)19-7-2-3-8-6(5-7)1-4-9(17)18-8/h2-3,5,9H,1,4,17H2. The van der Waals surface area contributed by atoms with Crippen LogP contribution in [0.15, 0.2) is 28.0 Å². The van der Waals surface area contributed by atoms with E-state index < -0.39 is 23.2 Å². The number of nitrogens with two attached hydrogens (primary N) is 1. The van der Waals surface area contributed by atoms with Gasteiger partial charge in [-0.1, -0.05) is 0 Å². The molecule has 1 atom stereocenters. The van der Waals surface area contributed by atoms with Crippen LogP contribution < -0.4 is 5.73 Å². The highest BCUT2D eigenvalue weighted by molar-refractivity contribution is 8.00. The van der Waals surface area contributed by atoms with Gasteiger partial charge in [0.15, 0.2) is 0 Å². The molecular formula is C11H10F5NS2. The lowest BCUT2D eigenvalue weighted by Gasteiger charge is -2.23. The molecule has 0 bridgehead atoms. The average Bonchev–Trinajstić information content (AvgIpc) is 2.27. The molecule has 8 heteroatoms. The van der Waals surface area contributed by atoms with Gasteiger partial charge in [-0.3, -0.25) is 0 Å². The third kappa shape index (κ3) is 3.35. The summed E-state index contributed by atoms with van der Waals surface area (Å²) in [5.74, 6) is 0. The Hall–Kier alpha value is -0.470. The van der Waals surface area contributed by atoms with E-state index in [9.17, 15) is 22.0 Å². The topological polar surface area (TPSA) is 26.0 Å². The molecule has 0 fully saturated rings. The first-order valence-electron chi connectivity index (χ1n) is 5.38. The van der Waals surface area contributed by atoms with Crippen molar-refractivity contribution in [2.24, 2.45) is 5.73 Å². The van der Waals surface area contributed by atoms with Crippen LogP contribution in [-0.2, 0) is 6.42 Å². The number of halogens is 5. The summed E-state index contributed by atoms with van der Waals surface area (Å²) >= 11 is 0.930. The molecule has 1 unspecified atom stereocenters.